The molecule has 1 heterocycles. The smallest absolute Gasteiger partial charge is 0.123 e. The van der Waals surface area contributed by atoms with Gasteiger partial charge in [-0.2, -0.15) is 0 Å². The average Bonchev–Trinajstić information content (AvgIpc) is 2.56. The van der Waals surface area contributed by atoms with Gasteiger partial charge in [-0.15, -0.1) is 0 Å². The summed E-state index contributed by atoms with van der Waals surface area (Å²) in [6.45, 7) is 1.07. The average molecular weight is 214 g/mol. The van der Waals surface area contributed by atoms with Crippen LogP contribution < -0.4 is 0 Å². The van der Waals surface area contributed by atoms with Crippen LogP contribution in [0.3, 0.4) is 0 Å². The molecule has 1 atom stereocenters. The summed E-state index contributed by atoms with van der Waals surface area (Å²) >= 11 is 6.05. The van der Waals surface area contributed by atoms with Gasteiger partial charge in [0.1, 0.15) is 5.82 Å². The Balaban J connectivity index is 2.34. The van der Waals surface area contributed by atoms with Crippen LogP contribution in [0.25, 0.3) is 0 Å². The third kappa shape index (κ3) is 1.77. The van der Waals surface area contributed by atoms with Crippen molar-refractivity contribution in [2.24, 2.45) is 0 Å². The molecule has 0 N–H and O–H groups in total. The lowest BCUT2D eigenvalue weighted by molar-refractivity contribution is 0.317. The first-order valence-corrected chi connectivity index (χ1v) is 5.21. The Kier molecular flexibility index (Phi) is 2.75. The van der Waals surface area contributed by atoms with E-state index in [-0.39, 0.29) is 11.9 Å². The number of rotatable bonds is 1. The maximum absolute atomic E-state index is 13.1. The van der Waals surface area contributed by atoms with Gasteiger partial charge in [0.2, 0.25) is 0 Å². The SMILES string of the molecule is CN1CCCC1c1cc(F)ccc1Cl. The molecule has 1 fully saturated rings. The minimum Gasteiger partial charge on any atom is -0.299 e. The zero-order valence-electron chi connectivity index (χ0n) is 8.13. The fourth-order valence-electron chi connectivity index (χ4n) is 2.07. The van der Waals surface area contributed by atoms with Crippen molar-refractivity contribution in [1.29, 1.82) is 0 Å². The van der Waals surface area contributed by atoms with Crippen molar-refractivity contribution in [2.75, 3.05) is 13.6 Å². The van der Waals surface area contributed by atoms with Gasteiger partial charge < -0.3 is 0 Å². The van der Waals surface area contributed by atoms with E-state index in [1.54, 1.807) is 12.1 Å². The predicted molar refractivity (Wildman–Crippen MR) is 56.0 cm³/mol. The minimum atomic E-state index is -0.204. The van der Waals surface area contributed by atoms with Crippen LogP contribution in [-0.4, -0.2) is 18.5 Å². The van der Waals surface area contributed by atoms with Crippen LogP contribution in [0.2, 0.25) is 5.02 Å². The fraction of sp³-hybridized carbons (Fsp3) is 0.455. The first-order valence-electron chi connectivity index (χ1n) is 4.83. The van der Waals surface area contributed by atoms with E-state index >= 15 is 0 Å². The van der Waals surface area contributed by atoms with Crippen molar-refractivity contribution in [3.05, 3.63) is 34.6 Å². The van der Waals surface area contributed by atoms with Gasteiger partial charge in [0, 0.05) is 11.1 Å². The number of benzene rings is 1. The van der Waals surface area contributed by atoms with Gasteiger partial charge in [0.15, 0.2) is 0 Å². The molecule has 0 radical (unpaired) electrons. The number of hydrogen-bond donors (Lipinski definition) is 0. The molecule has 1 nitrogen and oxygen atoms in total. The highest BCUT2D eigenvalue weighted by molar-refractivity contribution is 6.31. The largest absolute Gasteiger partial charge is 0.299 e. The Morgan fingerprint density at radius 1 is 1.50 bits per heavy atom. The molecule has 1 aromatic rings. The number of halogens is 2. The van der Waals surface area contributed by atoms with Crippen molar-refractivity contribution in [1.82, 2.24) is 4.90 Å². The molecular weight excluding hydrogens is 201 g/mol. The van der Waals surface area contributed by atoms with Gasteiger partial charge >= 0.3 is 0 Å². The third-order valence-corrected chi connectivity index (χ3v) is 3.18. The minimum absolute atomic E-state index is 0.204. The predicted octanol–water partition coefficient (Wildman–Crippen LogP) is 3.25. The van der Waals surface area contributed by atoms with Gasteiger partial charge in [-0.05, 0) is 50.2 Å². The molecule has 76 valence electrons. The Morgan fingerprint density at radius 3 is 2.93 bits per heavy atom. The highest BCUT2D eigenvalue weighted by Gasteiger charge is 2.24. The van der Waals surface area contributed by atoms with Crippen LogP contribution in [0.5, 0.6) is 0 Å². The topological polar surface area (TPSA) is 3.24 Å². The van der Waals surface area contributed by atoms with Crippen LogP contribution in [0.4, 0.5) is 4.39 Å². The molecule has 14 heavy (non-hydrogen) atoms. The first kappa shape index (κ1) is 9.94. The second-order valence-corrected chi connectivity index (χ2v) is 4.21. The molecule has 1 unspecified atom stereocenters. The highest BCUT2D eigenvalue weighted by atomic mass is 35.5. The lowest BCUT2D eigenvalue weighted by Crippen LogP contribution is -2.17. The van der Waals surface area contributed by atoms with Crippen LogP contribution in [0.1, 0.15) is 24.4 Å². The molecule has 0 spiro atoms. The maximum Gasteiger partial charge on any atom is 0.123 e. The Morgan fingerprint density at radius 2 is 2.29 bits per heavy atom. The summed E-state index contributed by atoms with van der Waals surface area (Å²) in [6.07, 6.45) is 2.23. The number of hydrogen-bond acceptors (Lipinski definition) is 1. The second-order valence-electron chi connectivity index (χ2n) is 3.80. The van der Waals surface area contributed by atoms with Crippen molar-refractivity contribution in [2.45, 2.75) is 18.9 Å². The molecule has 1 aliphatic heterocycles. The Bertz CT molecular complexity index is 340. The van der Waals surface area contributed by atoms with E-state index in [0.29, 0.717) is 5.02 Å². The standard InChI is InChI=1S/C11H13ClFN/c1-14-6-2-3-11(14)9-7-8(13)4-5-10(9)12/h4-5,7,11H,2-3,6H2,1H3. The monoisotopic (exact) mass is 213 g/mol. The van der Waals surface area contributed by atoms with Crippen LogP contribution in [0, 0.1) is 5.82 Å². The molecule has 0 saturated carbocycles. The summed E-state index contributed by atoms with van der Waals surface area (Å²) in [6, 6.07) is 4.88. The first-order chi connectivity index (χ1) is 6.68. The molecule has 0 bridgehead atoms. The number of likely N-dealkylation sites (tertiary alicyclic amines) is 1. The van der Waals surface area contributed by atoms with E-state index < -0.39 is 0 Å². The zero-order valence-corrected chi connectivity index (χ0v) is 8.89. The zero-order chi connectivity index (χ0) is 10.1. The molecule has 0 aliphatic carbocycles. The normalized spacial score (nSPS) is 22.9. The fourth-order valence-corrected chi connectivity index (χ4v) is 2.32. The quantitative estimate of drug-likeness (QED) is 0.692. The summed E-state index contributed by atoms with van der Waals surface area (Å²) in [5, 5.41) is 0.671. The van der Waals surface area contributed by atoms with Gasteiger partial charge in [0.05, 0.1) is 0 Å². The summed E-state index contributed by atoms with van der Waals surface area (Å²) in [5.41, 5.74) is 0.923. The highest BCUT2D eigenvalue weighted by Crippen LogP contribution is 2.34. The van der Waals surface area contributed by atoms with Gasteiger partial charge in [-0.3, -0.25) is 4.90 Å². The van der Waals surface area contributed by atoms with E-state index in [1.165, 1.54) is 6.07 Å². The van der Waals surface area contributed by atoms with Gasteiger partial charge in [-0.1, -0.05) is 11.6 Å². The Labute approximate surface area is 88.5 Å². The van der Waals surface area contributed by atoms with E-state index in [1.807, 2.05) is 0 Å². The van der Waals surface area contributed by atoms with Crippen molar-refractivity contribution < 1.29 is 4.39 Å². The third-order valence-electron chi connectivity index (χ3n) is 2.84. The van der Waals surface area contributed by atoms with Gasteiger partial charge in [-0.25, -0.2) is 4.39 Å². The van der Waals surface area contributed by atoms with E-state index in [9.17, 15) is 4.39 Å². The van der Waals surface area contributed by atoms with Crippen molar-refractivity contribution in [3.63, 3.8) is 0 Å². The maximum atomic E-state index is 13.1. The van der Waals surface area contributed by atoms with Crippen molar-refractivity contribution in [3.8, 4) is 0 Å². The molecule has 2 rings (SSSR count). The molecular formula is C11H13ClFN. The molecule has 1 saturated heterocycles. The summed E-state index contributed by atoms with van der Waals surface area (Å²) in [5.74, 6) is -0.204. The Hall–Kier alpha value is -0.600. The van der Waals surface area contributed by atoms with E-state index in [4.69, 9.17) is 11.6 Å². The lowest BCUT2D eigenvalue weighted by Gasteiger charge is -2.20. The molecule has 3 heteroatoms. The van der Waals surface area contributed by atoms with E-state index in [0.717, 1.165) is 24.9 Å². The summed E-state index contributed by atoms with van der Waals surface area (Å²) in [4.78, 5) is 2.22. The molecule has 1 aliphatic rings. The summed E-state index contributed by atoms with van der Waals surface area (Å²) < 4.78 is 13.1. The molecule has 1 aromatic carbocycles. The summed E-state index contributed by atoms with van der Waals surface area (Å²) in [7, 11) is 2.05. The lowest BCUT2D eigenvalue weighted by atomic mass is 10.0. The van der Waals surface area contributed by atoms with Crippen molar-refractivity contribution >= 4 is 11.6 Å². The van der Waals surface area contributed by atoms with E-state index in [2.05, 4.69) is 11.9 Å². The molecule has 0 aromatic heterocycles. The molecule has 0 amide bonds. The second kappa shape index (κ2) is 3.87. The number of nitrogens with zero attached hydrogens (tertiary/aromatic N) is 1. The van der Waals surface area contributed by atoms with Gasteiger partial charge in [0.25, 0.3) is 0 Å². The van der Waals surface area contributed by atoms with Crippen LogP contribution in [-0.2, 0) is 0 Å². The van der Waals surface area contributed by atoms with Crippen LogP contribution >= 0.6 is 11.6 Å². The van der Waals surface area contributed by atoms with Crippen LogP contribution in [0.15, 0.2) is 18.2 Å².